The standard InChI is InChI=1S/C24H24Cl2N6O4/c1-12(2)27-24-28-19-11-31(21(33)14-6-7-16(25)17(26)9-14)13(3)8-15(19)22(34)32(24)20-10-18(23(35)36-5)29-30(20)4/h6-7,9-10,12H,8,11H2,1-5H3/p+1. The SMILES string of the molecule is COC(=O)c1cc(-n2c(NC(C)C)nc3c(c2=O)CC(C)=[N+](C(=O)c2ccc(Cl)c(Cl)c2)C3)n(C)n1. The van der Waals surface area contributed by atoms with E-state index in [-0.39, 0.29) is 47.1 Å². The smallest absolute Gasteiger partial charge is 0.419 e. The van der Waals surface area contributed by atoms with Crippen LogP contribution in [-0.4, -0.2) is 54.6 Å². The summed E-state index contributed by atoms with van der Waals surface area (Å²) >= 11 is 12.1. The van der Waals surface area contributed by atoms with E-state index in [1.54, 1.807) is 30.7 Å². The molecule has 0 saturated heterocycles. The highest BCUT2D eigenvalue weighted by molar-refractivity contribution is 6.42. The molecule has 3 aromatic rings. The van der Waals surface area contributed by atoms with Gasteiger partial charge in [-0.2, -0.15) is 9.67 Å². The maximum atomic E-state index is 13.8. The van der Waals surface area contributed by atoms with Crippen LogP contribution in [0.1, 0.15) is 52.9 Å². The third-order valence-electron chi connectivity index (χ3n) is 5.77. The van der Waals surface area contributed by atoms with E-state index in [0.29, 0.717) is 33.4 Å². The van der Waals surface area contributed by atoms with Crippen molar-refractivity contribution in [1.29, 1.82) is 0 Å². The van der Waals surface area contributed by atoms with Crippen molar-refractivity contribution in [2.24, 2.45) is 7.05 Å². The number of hydrogen-bond donors (Lipinski definition) is 1. The summed E-state index contributed by atoms with van der Waals surface area (Å²) in [5.74, 6) is -0.259. The first-order chi connectivity index (χ1) is 17.0. The van der Waals surface area contributed by atoms with Gasteiger partial charge in [0.1, 0.15) is 11.5 Å². The van der Waals surface area contributed by atoms with Crippen molar-refractivity contribution in [3.05, 3.63) is 67.2 Å². The van der Waals surface area contributed by atoms with Crippen molar-refractivity contribution >= 4 is 46.7 Å². The molecule has 10 nitrogen and oxygen atoms in total. The normalized spacial score (nSPS) is 13.1. The number of nitrogens with zero attached hydrogens (tertiary/aromatic N) is 5. The average molecular weight is 532 g/mol. The fourth-order valence-corrected chi connectivity index (χ4v) is 4.31. The Labute approximate surface area is 217 Å². The fraction of sp³-hybridized carbons (Fsp3) is 0.333. The molecule has 1 amide bonds. The Bertz CT molecular complexity index is 1490. The number of benzene rings is 1. The molecule has 0 unspecified atom stereocenters. The van der Waals surface area contributed by atoms with Crippen molar-refractivity contribution in [3.8, 4) is 5.82 Å². The van der Waals surface area contributed by atoms with Crippen LogP contribution in [0.25, 0.3) is 5.82 Å². The lowest BCUT2D eigenvalue weighted by atomic mass is 10.0. The average Bonchev–Trinajstić information content (AvgIpc) is 3.21. The van der Waals surface area contributed by atoms with Crippen LogP contribution >= 0.6 is 23.2 Å². The van der Waals surface area contributed by atoms with Crippen LogP contribution in [0.15, 0.2) is 29.1 Å². The highest BCUT2D eigenvalue weighted by Gasteiger charge is 2.34. The Morgan fingerprint density at radius 2 is 1.92 bits per heavy atom. The van der Waals surface area contributed by atoms with Crippen LogP contribution < -0.4 is 10.9 Å². The number of fused-ring (bicyclic) bond motifs is 1. The predicted octanol–water partition coefficient (Wildman–Crippen LogP) is 3.25. The van der Waals surface area contributed by atoms with E-state index in [2.05, 4.69) is 10.4 Å². The zero-order valence-electron chi connectivity index (χ0n) is 20.4. The molecule has 1 N–H and O–H groups in total. The Balaban J connectivity index is 1.82. The first kappa shape index (κ1) is 25.6. The molecule has 0 fully saturated rings. The molecule has 36 heavy (non-hydrogen) atoms. The lowest BCUT2D eigenvalue weighted by Crippen LogP contribution is -2.38. The Hall–Kier alpha value is -3.50. The second-order valence-electron chi connectivity index (χ2n) is 8.74. The molecular formula is C24H25Cl2N6O4+. The number of hydrogen-bond acceptors (Lipinski definition) is 7. The van der Waals surface area contributed by atoms with Crippen LogP contribution in [0, 0.1) is 0 Å². The molecule has 188 valence electrons. The Kier molecular flexibility index (Phi) is 7.01. The van der Waals surface area contributed by atoms with E-state index in [0.717, 1.165) is 0 Å². The second-order valence-corrected chi connectivity index (χ2v) is 9.55. The molecule has 1 aliphatic rings. The molecule has 0 spiro atoms. The molecule has 2 aromatic heterocycles. The molecule has 4 rings (SSSR count). The number of carbonyl (C=O) groups is 2. The van der Waals surface area contributed by atoms with E-state index in [1.165, 1.54) is 28.5 Å². The highest BCUT2D eigenvalue weighted by atomic mass is 35.5. The van der Waals surface area contributed by atoms with Gasteiger partial charge in [0.05, 0.1) is 34.7 Å². The van der Waals surface area contributed by atoms with Crippen LogP contribution in [0.5, 0.6) is 0 Å². The van der Waals surface area contributed by atoms with Gasteiger partial charge in [-0.25, -0.2) is 19.1 Å². The van der Waals surface area contributed by atoms with Gasteiger partial charge in [-0.1, -0.05) is 23.2 Å². The fourth-order valence-electron chi connectivity index (χ4n) is 4.01. The minimum absolute atomic E-state index is 0.0552. The molecule has 0 atom stereocenters. The lowest BCUT2D eigenvalue weighted by molar-refractivity contribution is -0.450. The second kappa shape index (κ2) is 9.87. The molecule has 0 radical (unpaired) electrons. The number of anilines is 1. The number of aryl methyl sites for hydroxylation is 1. The third-order valence-corrected chi connectivity index (χ3v) is 6.51. The molecular weight excluding hydrogens is 507 g/mol. The molecule has 12 heteroatoms. The molecule has 0 bridgehead atoms. The number of carbonyl (C=O) groups excluding carboxylic acids is 2. The zero-order chi connectivity index (χ0) is 26.3. The molecule has 1 aliphatic heterocycles. The largest absolute Gasteiger partial charge is 0.464 e. The number of ether oxygens (including phenoxy) is 1. The van der Waals surface area contributed by atoms with Crippen molar-refractivity contribution in [2.45, 2.75) is 39.8 Å². The Morgan fingerprint density at radius 3 is 2.56 bits per heavy atom. The van der Waals surface area contributed by atoms with E-state index >= 15 is 0 Å². The van der Waals surface area contributed by atoms with Crippen molar-refractivity contribution in [3.63, 3.8) is 0 Å². The van der Waals surface area contributed by atoms with Gasteiger partial charge in [-0.05, 0) is 32.0 Å². The van der Waals surface area contributed by atoms with Crippen LogP contribution in [0.3, 0.4) is 0 Å². The third kappa shape index (κ3) is 4.66. The number of esters is 1. The van der Waals surface area contributed by atoms with Gasteiger partial charge < -0.3 is 10.1 Å². The summed E-state index contributed by atoms with van der Waals surface area (Å²) in [4.78, 5) is 43.8. The topological polar surface area (TPSA) is 111 Å². The van der Waals surface area contributed by atoms with Gasteiger partial charge >= 0.3 is 11.9 Å². The lowest BCUT2D eigenvalue weighted by Gasteiger charge is -2.20. The van der Waals surface area contributed by atoms with Gasteiger partial charge in [0.15, 0.2) is 18.0 Å². The first-order valence-electron chi connectivity index (χ1n) is 11.1. The summed E-state index contributed by atoms with van der Waals surface area (Å²) in [6.45, 7) is 5.73. The van der Waals surface area contributed by atoms with Crippen molar-refractivity contribution in [1.82, 2.24) is 19.3 Å². The van der Waals surface area contributed by atoms with E-state index in [9.17, 15) is 14.4 Å². The minimum Gasteiger partial charge on any atom is -0.464 e. The molecule has 0 saturated carbocycles. The monoisotopic (exact) mass is 531 g/mol. The molecule has 1 aromatic carbocycles. The van der Waals surface area contributed by atoms with Crippen LogP contribution in [0.2, 0.25) is 10.0 Å². The van der Waals surface area contributed by atoms with E-state index < -0.39 is 5.97 Å². The quantitative estimate of drug-likeness (QED) is 0.397. The summed E-state index contributed by atoms with van der Waals surface area (Å²) in [6, 6.07) is 6.13. The van der Waals surface area contributed by atoms with Gasteiger partial charge in [0.25, 0.3) is 5.56 Å². The minimum atomic E-state index is -0.616. The number of methoxy groups -OCH3 is 1. The van der Waals surface area contributed by atoms with Gasteiger partial charge in [0.2, 0.25) is 5.95 Å². The predicted molar refractivity (Wildman–Crippen MR) is 136 cm³/mol. The van der Waals surface area contributed by atoms with E-state index in [4.69, 9.17) is 32.9 Å². The number of rotatable bonds is 5. The van der Waals surface area contributed by atoms with Gasteiger partial charge in [-0.15, -0.1) is 0 Å². The summed E-state index contributed by atoms with van der Waals surface area (Å²) in [5, 5.41) is 8.01. The van der Waals surface area contributed by atoms with E-state index in [1.807, 2.05) is 13.8 Å². The van der Waals surface area contributed by atoms with Crippen molar-refractivity contribution in [2.75, 3.05) is 12.4 Å². The number of amides is 1. The number of aromatic nitrogens is 4. The van der Waals surface area contributed by atoms with Gasteiger partial charge in [-0.3, -0.25) is 9.48 Å². The molecule has 0 aliphatic carbocycles. The summed E-state index contributed by atoms with van der Waals surface area (Å²) in [7, 11) is 2.89. The maximum absolute atomic E-state index is 13.8. The summed E-state index contributed by atoms with van der Waals surface area (Å²) in [5.41, 5.74) is 1.76. The maximum Gasteiger partial charge on any atom is 0.419 e. The number of nitrogens with one attached hydrogen (secondary N) is 1. The van der Waals surface area contributed by atoms with Crippen molar-refractivity contribution < 1.29 is 18.9 Å². The summed E-state index contributed by atoms with van der Waals surface area (Å²) in [6.07, 6.45) is 0.220. The molecule has 3 heterocycles. The van der Waals surface area contributed by atoms with Crippen LogP contribution in [0.4, 0.5) is 5.95 Å². The Morgan fingerprint density at radius 1 is 1.19 bits per heavy atom. The number of halogens is 2. The van der Waals surface area contributed by atoms with Crippen LogP contribution in [-0.2, 0) is 24.8 Å². The zero-order valence-corrected chi connectivity index (χ0v) is 21.9. The van der Waals surface area contributed by atoms with Gasteiger partial charge in [0, 0.05) is 26.1 Å². The first-order valence-corrected chi connectivity index (χ1v) is 11.9. The highest BCUT2D eigenvalue weighted by Crippen LogP contribution is 2.24. The summed E-state index contributed by atoms with van der Waals surface area (Å²) < 4.78 is 9.16.